The van der Waals surface area contributed by atoms with Gasteiger partial charge in [-0.2, -0.15) is 0 Å². The molecule has 108 heavy (non-hydrogen) atoms. The lowest BCUT2D eigenvalue weighted by molar-refractivity contribution is -0.165. The smallest absolute Gasteiger partial charge is 0.346 e. The molecule has 8 bridgehead atoms. The van der Waals surface area contributed by atoms with Gasteiger partial charge in [-0.1, -0.05) is 82.1 Å². The number of benzene rings is 8. The zero-order chi connectivity index (χ0) is 76.3. The Balaban J connectivity index is 1.03. The van der Waals surface area contributed by atoms with Crippen LogP contribution in [0.2, 0.25) is 0 Å². The first-order valence-corrected chi connectivity index (χ1v) is 38.7. The number of rotatable bonds is 25. The predicted molar refractivity (Wildman–Crippen MR) is 406 cm³/mol. The lowest BCUT2D eigenvalue weighted by atomic mass is 9.75. The number of carboxylic acids is 1. The lowest BCUT2D eigenvalue weighted by Crippen LogP contribution is -2.22. The van der Waals surface area contributed by atoms with Crippen LogP contribution in [0.1, 0.15) is 187 Å². The highest BCUT2D eigenvalue weighted by Crippen LogP contribution is 2.55. The molecule has 0 saturated heterocycles. The molecule has 2 atom stereocenters. The zero-order valence-corrected chi connectivity index (χ0v) is 64.7. The van der Waals surface area contributed by atoms with E-state index in [1.54, 1.807) is 54.6 Å². The number of aliphatic carboxylic acids is 1. The van der Waals surface area contributed by atoms with Crippen molar-refractivity contribution in [1.82, 2.24) is 0 Å². The molecule has 570 valence electrons. The maximum Gasteiger partial charge on any atom is 0.346 e. The Hall–Kier alpha value is -8.96. The Labute approximate surface area is 655 Å². The van der Waals surface area contributed by atoms with Crippen LogP contribution in [0.15, 0.2) is 139 Å². The van der Waals surface area contributed by atoms with Gasteiger partial charge in [-0.05, 0) is 197 Å². The van der Waals surface area contributed by atoms with Crippen molar-refractivity contribution in [2.45, 2.75) is 138 Å². The van der Waals surface area contributed by atoms with Crippen molar-refractivity contribution in [3.8, 4) is 69.0 Å². The van der Waals surface area contributed by atoms with Crippen LogP contribution < -0.4 is 18.9 Å². The van der Waals surface area contributed by atoms with Gasteiger partial charge in [0, 0.05) is 92.4 Å². The maximum absolute atomic E-state index is 13.1. The third-order valence-corrected chi connectivity index (χ3v) is 22.4. The largest absolute Gasteiger partial charge is 0.507 e. The molecule has 0 radical (unpaired) electrons. The van der Waals surface area contributed by atoms with E-state index < -0.39 is 120 Å². The Morgan fingerprint density at radius 3 is 0.713 bits per heavy atom. The van der Waals surface area contributed by atoms with Crippen molar-refractivity contribution in [2.24, 2.45) is 0 Å². The minimum absolute atomic E-state index is 0.00000698. The molecule has 3 saturated carbocycles. The summed E-state index contributed by atoms with van der Waals surface area (Å²) in [4.78, 5) is 51.1. The van der Waals surface area contributed by atoms with Gasteiger partial charge < -0.3 is 93.3 Å². The first kappa shape index (κ1) is 78.6. The lowest BCUT2D eigenvalue weighted by Gasteiger charge is -2.30. The third kappa shape index (κ3) is 19.0. The van der Waals surface area contributed by atoms with Crippen molar-refractivity contribution < 1.29 is 113 Å². The molecular weight excluding hydrogens is 1660 g/mol. The summed E-state index contributed by atoms with van der Waals surface area (Å²) in [5.74, 6) is -12.4. The van der Waals surface area contributed by atoms with Crippen LogP contribution in [0.4, 0.5) is 0 Å². The maximum atomic E-state index is 13.1. The topological polar surface area (TPSA) is 343 Å². The van der Waals surface area contributed by atoms with Crippen LogP contribution in [0.3, 0.4) is 0 Å². The SMILES string of the molecule is O=C(O)COc1ccc(C2c3cc(c(O)cc3O)C(c3ccc(OCC(=O)OCOC4CCCCC4)c(Br)c3)c3cc(c(O)cc3O)C(c3ccc(OCC(=O)OCOC4CCCCC4)c(Br)c3)c3cc(c(O)cc3O)C(c3ccc(OCC(=O)OCOC4CCCCC4)c(Br)c3)c3cc2c(O)cc3O)cc1Br. The molecule has 2 unspecified atom stereocenters. The molecule has 9 N–H and O–H groups in total. The molecular formula is C81H80Br4O23. The Morgan fingerprint density at radius 1 is 0.296 bits per heavy atom. The molecule has 0 amide bonds. The van der Waals surface area contributed by atoms with Crippen molar-refractivity contribution in [3.05, 3.63) is 206 Å². The summed E-state index contributed by atoms with van der Waals surface area (Å²) in [5, 5.41) is 111. The number of carbonyl (C=O) groups excluding carboxylic acids is 3. The number of halogens is 4. The van der Waals surface area contributed by atoms with Gasteiger partial charge in [0.1, 0.15) is 69.0 Å². The second-order valence-corrected chi connectivity index (χ2v) is 30.5. The van der Waals surface area contributed by atoms with E-state index in [2.05, 4.69) is 63.7 Å². The summed E-state index contributed by atoms with van der Waals surface area (Å²) < 4.78 is 58.3. The Bertz CT molecular complexity index is 4400. The second kappa shape index (κ2) is 36.0. The van der Waals surface area contributed by atoms with E-state index in [1.807, 2.05) is 0 Å². The van der Waals surface area contributed by atoms with E-state index >= 15 is 0 Å². The normalized spacial score (nSPS) is 17.6. The molecule has 27 heteroatoms. The molecule has 12 rings (SSSR count). The van der Waals surface area contributed by atoms with Gasteiger partial charge in [0.25, 0.3) is 0 Å². The molecule has 0 heterocycles. The average Bonchev–Trinajstić information content (AvgIpc) is 0.740. The molecule has 0 aliphatic heterocycles. The zero-order valence-electron chi connectivity index (χ0n) is 58.4. The van der Waals surface area contributed by atoms with Crippen LogP contribution in [0.5, 0.6) is 69.0 Å². The summed E-state index contributed by atoms with van der Waals surface area (Å²) in [6.07, 6.45) is 14.6. The minimum atomic E-state index is -1.35. The van der Waals surface area contributed by atoms with E-state index in [9.17, 15) is 65.1 Å². The fourth-order valence-electron chi connectivity index (χ4n) is 14.6. The molecule has 8 aromatic rings. The predicted octanol–water partition coefficient (Wildman–Crippen LogP) is 16.6. The van der Waals surface area contributed by atoms with Crippen LogP contribution in [-0.4, -0.2) is 135 Å². The molecule has 3 fully saturated rings. The van der Waals surface area contributed by atoms with Gasteiger partial charge in [-0.3, -0.25) is 0 Å². The standard InChI is InChI=1S/C81H80Br4O23/c82-58-24-43(16-20-70(58)99-36-74(94)95)78-50-28-52(64(88)32-62(50)86)79(44-17-21-71(59(83)25-44)100-37-75(96)106-40-103-47-10-4-1-5-11-47)54-30-56(68(92)34-66(54)90)81(46-19-23-73(61(85)27-46)102-39-77(98)108-42-105-49-14-8-3-9-15-49)57-31-55(67(91)35-69(57)93)80(53-29-51(78)63(87)33-65(53)89)45-18-22-72(60(84)26-45)101-38-76(97)107-41-104-48-12-6-2-7-13-48/h16-35,47-49,78-81,86-93H,1-15,36-42H2,(H,94,95). The van der Waals surface area contributed by atoms with E-state index in [1.165, 1.54) is 42.5 Å². The molecule has 23 nitrogen and oxygen atoms in total. The molecule has 4 aliphatic rings. The highest BCUT2D eigenvalue weighted by Gasteiger charge is 2.37. The fourth-order valence-corrected chi connectivity index (χ4v) is 16.7. The van der Waals surface area contributed by atoms with Crippen molar-refractivity contribution in [3.63, 3.8) is 0 Å². The number of phenolic OH excluding ortho intramolecular Hbond substituents is 8. The number of hydrogen-bond acceptors (Lipinski definition) is 22. The van der Waals surface area contributed by atoms with Crippen molar-refractivity contribution in [2.75, 3.05) is 46.8 Å². The first-order valence-electron chi connectivity index (χ1n) is 35.5. The van der Waals surface area contributed by atoms with Gasteiger partial charge in [0.05, 0.1) is 36.2 Å². The van der Waals surface area contributed by atoms with Gasteiger partial charge in [0.15, 0.2) is 46.8 Å². The van der Waals surface area contributed by atoms with E-state index in [4.69, 9.17) is 47.4 Å². The molecule has 0 spiro atoms. The van der Waals surface area contributed by atoms with Gasteiger partial charge >= 0.3 is 23.9 Å². The molecule has 8 aromatic carbocycles. The Morgan fingerprint density at radius 2 is 0.509 bits per heavy atom. The van der Waals surface area contributed by atoms with Crippen LogP contribution in [-0.2, 0) is 47.6 Å². The summed E-state index contributed by atoms with van der Waals surface area (Å²) in [6.45, 7) is -3.06. The van der Waals surface area contributed by atoms with Crippen molar-refractivity contribution >= 4 is 87.6 Å². The summed E-state index contributed by atoms with van der Waals surface area (Å²) >= 11 is 14.5. The van der Waals surface area contributed by atoms with E-state index in [0.717, 1.165) is 121 Å². The van der Waals surface area contributed by atoms with Crippen LogP contribution in [0, 0.1) is 0 Å². The van der Waals surface area contributed by atoms with Crippen LogP contribution >= 0.6 is 63.7 Å². The van der Waals surface area contributed by atoms with Crippen LogP contribution in [0.25, 0.3) is 0 Å². The van der Waals surface area contributed by atoms with Gasteiger partial charge in [-0.25, -0.2) is 19.2 Å². The number of fused-ring (bicyclic) bond motifs is 8. The highest BCUT2D eigenvalue weighted by atomic mass is 79.9. The number of carboxylic acid groups (broad SMARTS) is 1. The monoisotopic (exact) mass is 1740 g/mol. The summed E-state index contributed by atoms with van der Waals surface area (Å²) in [6, 6.07) is 29.0. The van der Waals surface area contributed by atoms with Gasteiger partial charge in [-0.15, -0.1) is 0 Å². The first-order chi connectivity index (χ1) is 52.0. The Kier molecular flexibility index (Phi) is 26.2. The summed E-state index contributed by atoms with van der Waals surface area (Å²) in [5.41, 5.74) is 1.19. The molecule has 0 aromatic heterocycles. The number of carbonyl (C=O) groups is 4. The molecule has 4 aliphatic carbocycles. The quantitative estimate of drug-likeness (QED) is 0.0146. The summed E-state index contributed by atoms with van der Waals surface area (Å²) in [7, 11) is 0. The van der Waals surface area contributed by atoms with Crippen molar-refractivity contribution in [1.29, 1.82) is 0 Å². The highest BCUT2D eigenvalue weighted by molar-refractivity contribution is 9.11. The van der Waals surface area contributed by atoms with E-state index in [0.29, 0.717) is 22.3 Å². The third-order valence-electron chi connectivity index (χ3n) is 20.0. The minimum Gasteiger partial charge on any atom is -0.507 e. The number of phenols is 8. The number of esters is 3. The number of aromatic hydroxyl groups is 8. The second-order valence-electron chi connectivity index (χ2n) is 27.1. The van der Waals surface area contributed by atoms with Gasteiger partial charge in [0.2, 0.25) is 0 Å². The number of ether oxygens (including phenoxy) is 10. The van der Waals surface area contributed by atoms with E-state index in [-0.39, 0.29) is 124 Å². The fraction of sp³-hybridized carbons (Fsp3) is 0.358. The number of hydrogen-bond donors (Lipinski definition) is 9. The average molecular weight is 1740 g/mol.